The Kier molecular flexibility index (Phi) is 3.08. The molecule has 20 heavy (non-hydrogen) atoms. The minimum atomic E-state index is 0.649. The Bertz CT molecular complexity index is 630. The molecule has 1 aliphatic carbocycles. The molecule has 0 radical (unpaired) electrons. The number of aromatic nitrogens is 2. The molecular formula is C16H19N3S. The van der Waals surface area contributed by atoms with Crippen molar-refractivity contribution in [3.05, 3.63) is 45.2 Å². The van der Waals surface area contributed by atoms with Gasteiger partial charge in [0, 0.05) is 36.6 Å². The minimum absolute atomic E-state index is 0.649. The van der Waals surface area contributed by atoms with Gasteiger partial charge in [0.1, 0.15) is 5.82 Å². The largest absolute Gasteiger partial charge is 0.292 e. The summed E-state index contributed by atoms with van der Waals surface area (Å²) < 4.78 is 0. The molecule has 1 aliphatic heterocycles. The summed E-state index contributed by atoms with van der Waals surface area (Å²) in [5.41, 5.74) is 4.00. The van der Waals surface area contributed by atoms with Gasteiger partial charge in [-0.05, 0) is 48.8 Å². The van der Waals surface area contributed by atoms with Gasteiger partial charge in [0.15, 0.2) is 0 Å². The van der Waals surface area contributed by atoms with E-state index in [1.807, 2.05) is 11.3 Å². The van der Waals surface area contributed by atoms with Crippen molar-refractivity contribution in [1.82, 2.24) is 14.9 Å². The topological polar surface area (TPSA) is 29.0 Å². The van der Waals surface area contributed by atoms with Gasteiger partial charge in [0.25, 0.3) is 0 Å². The third-order valence-corrected chi connectivity index (χ3v) is 5.19. The summed E-state index contributed by atoms with van der Waals surface area (Å²) in [6.45, 7) is 5.33. The van der Waals surface area contributed by atoms with Crippen LogP contribution in [0.15, 0.2) is 17.6 Å². The average molecular weight is 285 g/mol. The van der Waals surface area contributed by atoms with E-state index in [0.29, 0.717) is 5.92 Å². The van der Waals surface area contributed by atoms with Crippen molar-refractivity contribution in [3.63, 3.8) is 0 Å². The maximum atomic E-state index is 4.82. The second kappa shape index (κ2) is 4.93. The Labute approximate surface area is 123 Å². The van der Waals surface area contributed by atoms with Gasteiger partial charge < -0.3 is 0 Å². The van der Waals surface area contributed by atoms with Gasteiger partial charge in [-0.25, -0.2) is 9.97 Å². The Morgan fingerprint density at radius 2 is 2.30 bits per heavy atom. The predicted octanol–water partition coefficient (Wildman–Crippen LogP) is 3.28. The molecular weight excluding hydrogens is 266 g/mol. The molecule has 4 rings (SSSR count). The van der Waals surface area contributed by atoms with E-state index in [1.54, 1.807) is 0 Å². The summed E-state index contributed by atoms with van der Waals surface area (Å²) in [4.78, 5) is 13.3. The lowest BCUT2D eigenvalue weighted by molar-refractivity contribution is 0.243. The van der Waals surface area contributed by atoms with Gasteiger partial charge >= 0.3 is 0 Å². The molecule has 0 atom stereocenters. The highest BCUT2D eigenvalue weighted by molar-refractivity contribution is 7.10. The van der Waals surface area contributed by atoms with E-state index < -0.39 is 0 Å². The Morgan fingerprint density at radius 1 is 1.40 bits per heavy atom. The van der Waals surface area contributed by atoms with Gasteiger partial charge in [-0.1, -0.05) is 0 Å². The Balaban J connectivity index is 1.51. The van der Waals surface area contributed by atoms with Crippen molar-refractivity contribution in [1.29, 1.82) is 0 Å². The van der Waals surface area contributed by atoms with Crippen LogP contribution in [0.1, 0.15) is 46.3 Å². The van der Waals surface area contributed by atoms with Crippen LogP contribution in [0.4, 0.5) is 0 Å². The molecule has 0 unspecified atom stereocenters. The first-order chi connectivity index (χ1) is 9.78. The van der Waals surface area contributed by atoms with E-state index in [0.717, 1.165) is 31.9 Å². The zero-order chi connectivity index (χ0) is 13.5. The Hall–Kier alpha value is -1.26. The molecule has 4 heteroatoms. The quantitative estimate of drug-likeness (QED) is 0.866. The van der Waals surface area contributed by atoms with Crippen molar-refractivity contribution in [2.45, 2.75) is 45.2 Å². The maximum Gasteiger partial charge on any atom is 0.131 e. The highest BCUT2D eigenvalue weighted by Gasteiger charge is 2.28. The molecule has 2 aliphatic rings. The van der Waals surface area contributed by atoms with Crippen LogP contribution in [0.2, 0.25) is 0 Å². The zero-order valence-corrected chi connectivity index (χ0v) is 12.6. The van der Waals surface area contributed by atoms with E-state index in [9.17, 15) is 0 Å². The summed E-state index contributed by atoms with van der Waals surface area (Å²) in [5.74, 6) is 1.73. The van der Waals surface area contributed by atoms with E-state index in [4.69, 9.17) is 4.98 Å². The second-order valence-electron chi connectivity index (χ2n) is 6.03. The van der Waals surface area contributed by atoms with Gasteiger partial charge in [-0.3, -0.25) is 4.90 Å². The highest BCUT2D eigenvalue weighted by Crippen LogP contribution is 2.38. The number of aryl methyl sites for hydroxylation is 1. The van der Waals surface area contributed by atoms with E-state index in [1.165, 1.54) is 34.5 Å². The lowest BCUT2D eigenvalue weighted by atomic mass is 10.1. The molecule has 3 heterocycles. The molecule has 0 bridgehead atoms. The van der Waals surface area contributed by atoms with Crippen LogP contribution in [0.25, 0.3) is 0 Å². The number of fused-ring (bicyclic) bond motifs is 1. The van der Waals surface area contributed by atoms with E-state index in [2.05, 4.69) is 34.5 Å². The zero-order valence-electron chi connectivity index (χ0n) is 11.8. The highest BCUT2D eigenvalue weighted by atomic mass is 32.1. The molecule has 0 amide bonds. The molecule has 0 aromatic carbocycles. The minimum Gasteiger partial charge on any atom is -0.292 e. The fourth-order valence-electron chi connectivity index (χ4n) is 2.84. The summed E-state index contributed by atoms with van der Waals surface area (Å²) in [7, 11) is 0. The van der Waals surface area contributed by atoms with Gasteiger partial charge in [-0.2, -0.15) is 0 Å². The van der Waals surface area contributed by atoms with E-state index in [-0.39, 0.29) is 0 Å². The first-order valence-corrected chi connectivity index (χ1v) is 8.27. The Morgan fingerprint density at radius 3 is 3.05 bits per heavy atom. The molecule has 104 valence electrons. The number of hydrogen-bond donors (Lipinski definition) is 0. The van der Waals surface area contributed by atoms with Gasteiger partial charge in [0.2, 0.25) is 0 Å². The third-order valence-electron chi connectivity index (χ3n) is 4.15. The first-order valence-electron chi connectivity index (χ1n) is 7.39. The monoisotopic (exact) mass is 285 g/mol. The third kappa shape index (κ3) is 2.50. The molecule has 1 saturated carbocycles. The van der Waals surface area contributed by atoms with Crippen LogP contribution in [0.3, 0.4) is 0 Å². The lowest BCUT2D eigenvalue weighted by Crippen LogP contribution is -2.31. The molecule has 2 aromatic heterocycles. The van der Waals surface area contributed by atoms with Crippen LogP contribution in [0, 0.1) is 6.92 Å². The van der Waals surface area contributed by atoms with E-state index >= 15 is 0 Å². The average Bonchev–Trinajstić information content (AvgIpc) is 3.22. The summed E-state index contributed by atoms with van der Waals surface area (Å²) in [6.07, 6.45) is 5.71. The number of nitrogens with zero attached hydrogens (tertiary/aromatic N) is 3. The molecule has 0 N–H and O–H groups in total. The van der Waals surface area contributed by atoms with Crippen molar-refractivity contribution < 1.29 is 0 Å². The fourth-order valence-corrected chi connectivity index (χ4v) is 3.76. The van der Waals surface area contributed by atoms with Crippen LogP contribution >= 0.6 is 11.3 Å². The summed E-state index contributed by atoms with van der Waals surface area (Å²) in [5, 5.41) is 2.24. The lowest BCUT2D eigenvalue weighted by Gasteiger charge is -2.27. The fraction of sp³-hybridized carbons (Fsp3) is 0.500. The van der Waals surface area contributed by atoms with Crippen molar-refractivity contribution in [2.75, 3.05) is 6.54 Å². The SMILES string of the molecule is Cc1csc(CN2CCc3cnc(C4CC4)nc3C2)c1. The standard InChI is InChI=1S/C16H19N3S/c1-11-6-14(20-10-11)8-19-5-4-13-7-17-16(12-2-3-12)18-15(13)9-19/h6-7,10,12H,2-5,8-9H2,1H3. The number of hydrogen-bond acceptors (Lipinski definition) is 4. The first kappa shape index (κ1) is 12.5. The van der Waals surface area contributed by atoms with Gasteiger partial charge in [-0.15, -0.1) is 11.3 Å². The van der Waals surface area contributed by atoms with Crippen molar-refractivity contribution in [3.8, 4) is 0 Å². The normalized spacial score (nSPS) is 19.1. The number of thiophene rings is 1. The summed E-state index contributed by atoms with van der Waals surface area (Å²) >= 11 is 1.87. The maximum absolute atomic E-state index is 4.82. The predicted molar refractivity (Wildman–Crippen MR) is 80.9 cm³/mol. The smallest absolute Gasteiger partial charge is 0.131 e. The second-order valence-corrected chi connectivity index (χ2v) is 7.02. The number of rotatable bonds is 3. The molecule has 0 saturated heterocycles. The van der Waals surface area contributed by atoms with Crippen LogP contribution in [0.5, 0.6) is 0 Å². The molecule has 1 fully saturated rings. The van der Waals surface area contributed by atoms with Crippen LogP contribution in [-0.2, 0) is 19.5 Å². The van der Waals surface area contributed by atoms with Crippen LogP contribution in [-0.4, -0.2) is 21.4 Å². The molecule has 0 spiro atoms. The van der Waals surface area contributed by atoms with Crippen molar-refractivity contribution >= 4 is 11.3 Å². The van der Waals surface area contributed by atoms with Gasteiger partial charge in [0.05, 0.1) is 5.69 Å². The molecule has 2 aromatic rings. The van der Waals surface area contributed by atoms with Crippen molar-refractivity contribution in [2.24, 2.45) is 0 Å². The van der Waals surface area contributed by atoms with Crippen LogP contribution < -0.4 is 0 Å². The molecule has 3 nitrogen and oxygen atoms in total. The summed E-state index contributed by atoms with van der Waals surface area (Å²) in [6, 6.07) is 2.30.